The fourth-order valence-electron chi connectivity index (χ4n) is 3.17. The minimum absolute atomic E-state index is 0.121. The van der Waals surface area contributed by atoms with Gasteiger partial charge in [-0.3, -0.25) is 9.48 Å². The first-order valence-electron chi connectivity index (χ1n) is 7.47. The average molecular weight is 283 g/mol. The Labute approximate surface area is 125 Å². The van der Waals surface area contributed by atoms with Gasteiger partial charge in [-0.15, -0.1) is 0 Å². The number of aryl methyl sites for hydroxylation is 3. The van der Waals surface area contributed by atoms with E-state index >= 15 is 0 Å². The van der Waals surface area contributed by atoms with Crippen LogP contribution in [0.5, 0.6) is 0 Å². The summed E-state index contributed by atoms with van der Waals surface area (Å²) in [7, 11) is 1.90. The van der Waals surface area contributed by atoms with Crippen LogP contribution >= 0.6 is 0 Å². The Balaban J connectivity index is 1.57. The van der Waals surface area contributed by atoms with Crippen molar-refractivity contribution in [2.75, 3.05) is 0 Å². The van der Waals surface area contributed by atoms with Gasteiger partial charge in [0.05, 0.1) is 17.9 Å². The van der Waals surface area contributed by atoms with Crippen LogP contribution in [0.15, 0.2) is 30.3 Å². The summed E-state index contributed by atoms with van der Waals surface area (Å²) in [6.45, 7) is 2.51. The molecule has 1 aromatic heterocycles. The zero-order valence-corrected chi connectivity index (χ0v) is 12.6. The molecule has 3 rings (SSSR count). The fraction of sp³-hybridized carbons (Fsp3) is 0.412. The molecular formula is C17H21N3O. The molecule has 0 saturated heterocycles. The molecular weight excluding hydrogens is 262 g/mol. The number of nitrogens with zero attached hydrogens (tertiary/aromatic N) is 2. The van der Waals surface area contributed by atoms with E-state index in [0.717, 1.165) is 24.2 Å². The van der Waals surface area contributed by atoms with Crippen LogP contribution in [-0.2, 0) is 24.8 Å². The number of rotatable bonds is 4. The van der Waals surface area contributed by atoms with Crippen molar-refractivity contribution in [2.45, 2.75) is 38.6 Å². The van der Waals surface area contributed by atoms with Gasteiger partial charge in [-0.05, 0) is 42.9 Å². The SMILES string of the molecule is Cc1cc(CNC(=O)C[C@@H]2CCc3ccccc32)n(C)n1. The minimum atomic E-state index is 0.121. The largest absolute Gasteiger partial charge is 0.350 e. The van der Waals surface area contributed by atoms with E-state index < -0.39 is 0 Å². The molecule has 2 aromatic rings. The molecule has 0 radical (unpaired) electrons. The molecule has 0 bridgehead atoms. The molecule has 1 heterocycles. The van der Waals surface area contributed by atoms with Gasteiger partial charge in [-0.2, -0.15) is 5.10 Å². The van der Waals surface area contributed by atoms with Gasteiger partial charge in [-0.1, -0.05) is 24.3 Å². The fourth-order valence-corrected chi connectivity index (χ4v) is 3.17. The smallest absolute Gasteiger partial charge is 0.220 e. The van der Waals surface area contributed by atoms with Crippen molar-refractivity contribution < 1.29 is 4.79 Å². The quantitative estimate of drug-likeness (QED) is 0.937. The van der Waals surface area contributed by atoms with Crippen molar-refractivity contribution in [3.63, 3.8) is 0 Å². The number of hydrogen-bond donors (Lipinski definition) is 1. The zero-order valence-electron chi connectivity index (χ0n) is 12.6. The van der Waals surface area contributed by atoms with Crippen LogP contribution < -0.4 is 5.32 Å². The molecule has 0 fully saturated rings. The highest BCUT2D eigenvalue weighted by Gasteiger charge is 2.24. The maximum absolute atomic E-state index is 12.2. The highest BCUT2D eigenvalue weighted by atomic mass is 16.1. The lowest BCUT2D eigenvalue weighted by molar-refractivity contribution is -0.121. The van der Waals surface area contributed by atoms with Gasteiger partial charge in [-0.25, -0.2) is 0 Å². The van der Waals surface area contributed by atoms with Crippen LogP contribution in [0, 0.1) is 6.92 Å². The molecule has 1 aromatic carbocycles. The number of amides is 1. The lowest BCUT2D eigenvalue weighted by Gasteiger charge is -2.11. The predicted molar refractivity (Wildman–Crippen MR) is 81.9 cm³/mol. The van der Waals surface area contributed by atoms with Crippen LogP contribution in [0.3, 0.4) is 0 Å². The maximum Gasteiger partial charge on any atom is 0.220 e. The van der Waals surface area contributed by atoms with E-state index in [4.69, 9.17) is 0 Å². The molecule has 1 N–H and O–H groups in total. The number of carbonyl (C=O) groups excluding carboxylic acids is 1. The predicted octanol–water partition coefficient (Wildman–Crippen LogP) is 2.46. The second kappa shape index (κ2) is 5.72. The number of carbonyl (C=O) groups is 1. The monoisotopic (exact) mass is 283 g/mol. The molecule has 4 nitrogen and oxygen atoms in total. The van der Waals surface area contributed by atoms with Crippen LogP contribution in [-0.4, -0.2) is 15.7 Å². The molecule has 1 aliphatic carbocycles. The van der Waals surface area contributed by atoms with E-state index in [1.54, 1.807) is 0 Å². The van der Waals surface area contributed by atoms with Gasteiger partial charge in [0.25, 0.3) is 0 Å². The molecule has 0 spiro atoms. The summed E-state index contributed by atoms with van der Waals surface area (Å²) in [5, 5.41) is 7.30. The third kappa shape index (κ3) is 2.99. The summed E-state index contributed by atoms with van der Waals surface area (Å²) in [4.78, 5) is 12.2. The number of hydrogen-bond acceptors (Lipinski definition) is 2. The highest BCUT2D eigenvalue weighted by Crippen LogP contribution is 2.35. The van der Waals surface area contributed by atoms with Gasteiger partial charge in [0.15, 0.2) is 0 Å². The summed E-state index contributed by atoms with van der Waals surface area (Å²) in [5.41, 5.74) is 4.76. The summed E-state index contributed by atoms with van der Waals surface area (Å²) in [6, 6.07) is 10.5. The molecule has 1 aliphatic rings. The first-order chi connectivity index (χ1) is 10.1. The number of benzene rings is 1. The topological polar surface area (TPSA) is 46.9 Å². The number of fused-ring (bicyclic) bond motifs is 1. The Morgan fingerprint density at radius 1 is 1.43 bits per heavy atom. The van der Waals surface area contributed by atoms with Crippen LogP contribution in [0.2, 0.25) is 0 Å². The molecule has 110 valence electrons. The van der Waals surface area contributed by atoms with Gasteiger partial charge in [0, 0.05) is 13.5 Å². The lowest BCUT2D eigenvalue weighted by Crippen LogP contribution is -2.25. The highest BCUT2D eigenvalue weighted by molar-refractivity contribution is 5.77. The molecule has 0 saturated carbocycles. The average Bonchev–Trinajstić information content (AvgIpc) is 3.00. The van der Waals surface area contributed by atoms with E-state index in [-0.39, 0.29) is 5.91 Å². The van der Waals surface area contributed by atoms with E-state index in [9.17, 15) is 4.79 Å². The lowest BCUT2D eigenvalue weighted by atomic mass is 9.97. The van der Waals surface area contributed by atoms with E-state index in [2.05, 4.69) is 34.7 Å². The third-order valence-electron chi connectivity index (χ3n) is 4.25. The van der Waals surface area contributed by atoms with Crippen LogP contribution in [0.25, 0.3) is 0 Å². The minimum Gasteiger partial charge on any atom is -0.350 e. The Bertz CT molecular complexity index is 660. The second-order valence-electron chi connectivity index (χ2n) is 5.82. The van der Waals surface area contributed by atoms with Crippen LogP contribution in [0.4, 0.5) is 0 Å². The van der Waals surface area contributed by atoms with Crippen LogP contribution in [0.1, 0.15) is 41.3 Å². The normalized spacial score (nSPS) is 16.8. The zero-order chi connectivity index (χ0) is 14.8. The molecule has 1 amide bonds. The van der Waals surface area contributed by atoms with Crippen molar-refractivity contribution in [1.82, 2.24) is 15.1 Å². The Morgan fingerprint density at radius 2 is 2.24 bits per heavy atom. The van der Waals surface area contributed by atoms with E-state index in [0.29, 0.717) is 18.9 Å². The Kier molecular flexibility index (Phi) is 3.78. The number of aromatic nitrogens is 2. The summed E-state index contributed by atoms with van der Waals surface area (Å²) >= 11 is 0. The first-order valence-corrected chi connectivity index (χ1v) is 7.47. The molecule has 4 heteroatoms. The van der Waals surface area contributed by atoms with Crippen molar-refractivity contribution >= 4 is 5.91 Å². The summed E-state index contributed by atoms with van der Waals surface area (Å²) < 4.78 is 1.82. The second-order valence-corrected chi connectivity index (χ2v) is 5.82. The number of nitrogens with one attached hydrogen (secondary N) is 1. The van der Waals surface area contributed by atoms with E-state index in [1.165, 1.54) is 11.1 Å². The van der Waals surface area contributed by atoms with Gasteiger partial charge in [0.2, 0.25) is 5.91 Å². The molecule has 21 heavy (non-hydrogen) atoms. The standard InChI is InChI=1S/C17H21N3O/c1-12-9-15(20(2)19-12)11-18-17(21)10-14-8-7-13-5-3-4-6-16(13)14/h3-6,9,14H,7-8,10-11H2,1-2H3,(H,18,21)/t14-/m0/s1. The molecule has 1 atom stereocenters. The summed E-state index contributed by atoms with van der Waals surface area (Å²) in [5.74, 6) is 0.491. The third-order valence-corrected chi connectivity index (χ3v) is 4.25. The Hall–Kier alpha value is -2.10. The first kappa shape index (κ1) is 13.9. The Morgan fingerprint density at radius 3 is 3.00 bits per heavy atom. The van der Waals surface area contributed by atoms with Crippen molar-refractivity contribution in [3.8, 4) is 0 Å². The molecule has 0 aliphatic heterocycles. The van der Waals surface area contributed by atoms with Gasteiger partial charge in [0.1, 0.15) is 0 Å². The van der Waals surface area contributed by atoms with Crippen molar-refractivity contribution in [2.24, 2.45) is 7.05 Å². The maximum atomic E-state index is 12.2. The van der Waals surface area contributed by atoms with Crippen molar-refractivity contribution in [1.29, 1.82) is 0 Å². The van der Waals surface area contributed by atoms with Gasteiger partial charge < -0.3 is 5.32 Å². The van der Waals surface area contributed by atoms with Gasteiger partial charge >= 0.3 is 0 Å². The summed E-state index contributed by atoms with van der Waals surface area (Å²) in [6.07, 6.45) is 2.75. The van der Waals surface area contributed by atoms with E-state index in [1.807, 2.05) is 24.7 Å². The van der Waals surface area contributed by atoms with Crippen molar-refractivity contribution in [3.05, 3.63) is 52.8 Å². The molecule has 0 unspecified atom stereocenters.